The van der Waals surface area contributed by atoms with Gasteiger partial charge in [-0.1, -0.05) is 26.3 Å². The standard InChI is InChI=1S/C16H29NO3/c1-13(16(2,3)4)12-15(19)17-8-6-14(7-9-17)20-11-5-10-18/h12,14,18H,5-11H2,1-4H3. The molecule has 0 aromatic carbocycles. The van der Waals surface area contributed by atoms with Crippen LogP contribution in [0, 0.1) is 5.41 Å². The van der Waals surface area contributed by atoms with Gasteiger partial charge in [0.15, 0.2) is 0 Å². The van der Waals surface area contributed by atoms with Gasteiger partial charge in [-0.15, -0.1) is 0 Å². The van der Waals surface area contributed by atoms with E-state index in [1.165, 1.54) is 0 Å². The average Bonchev–Trinajstić information content (AvgIpc) is 2.38. The molecule has 0 spiro atoms. The molecule has 1 amide bonds. The molecule has 116 valence electrons. The zero-order valence-electron chi connectivity index (χ0n) is 13.3. The molecule has 0 aliphatic carbocycles. The van der Waals surface area contributed by atoms with E-state index in [-0.39, 0.29) is 24.0 Å². The van der Waals surface area contributed by atoms with E-state index in [9.17, 15) is 4.79 Å². The lowest BCUT2D eigenvalue weighted by Gasteiger charge is -2.32. The van der Waals surface area contributed by atoms with E-state index in [4.69, 9.17) is 9.84 Å². The lowest BCUT2D eigenvalue weighted by molar-refractivity contribution is -0.128. The van der Waals surface area contributed by atoms with Gasteiger partial charge < -0.3 is 14.7 Å². The highest BCUT2D eigenvalue weighted by molar-refractivity contribution is 5.88. The lowest BCUT2D eigenvalue weighted by Crippen LogP contribution is -2.40. The fourth-order valence-electron chi connectivity index (χ4n) is 2.05. The predicted molar refractivity (Wildman–Crippen MR) is 80.5 cm³/mol. The zero-order valence-corrected chi connectivity index (χ0v) is 13.3. The number of carbonyl (C=O) groups is 1. The van der Waals surface area contributed by atoms with Gasteiger partial charge >= 0.3 is 0 Å². The summed E-state index contributed by atoms with van der Waals surface area (Å²) in [7, 11) is 0. The molecule has 0 unspecified atom stereocenters. The number of hydrogen-bond acceptors (Lipinski definition) is 3. The number of nitrogens with zero attached hydrogens (tertiary/aromatic N) is 1. The maximum atomic E-state index is 12.2. The third-order valence-corrected chi connectivity index (χ3v) is 3.93. The SMILES string of the molecule is CC(=CC(=O)N1CCC(OCCCO)CC1)C(C)(C)C. The highest BCUT2D eigenvalue weighted by atomic mass is 16.5. The molecule has 4 heteroatoms. The highest BCUT2D eigenvalue weighted by Crippen LogP contribution is 2.24. The molecule has 0 saturated carbocycles. The number of hydrogen-bond donors (Lipinski definition) is 1. The van der Waals surface area contributed by atoms with Crippen molar-refractivity contribution in [1.82, 2.24) is 4.90 Å². The van der Waals surface area contributed by atoms with Gasteiger partial charge in [-0.2, -0.15) is 0 Å². The van der Waals surface area contributed by atoms with Crippen LogP contribution in [-0.4, -0.2) is 48.3 Å². The summed E-state index contributed by atoms with van der Waals surface area (Å²) in [5, 5.41) is 8.72. The second kappa shape index (κ2) is 7.79. The number of allylic oxidation sites excluding steroid dienone is 1. The van der Waals surface area contributed by atoms with Crippen molar-refractivity contribution in [2.45, 2.75) is 53.1 Å². The van der Waals surface area contributed by atoms with Gasteiger partial charge in [-0.05, 0) is 31.6 Å². The largest absolute Gasteiger partial charge is 0.396 e. The Balaban J connectivity index is 2.39. The minimum Gasteiger partial charge on any atom is -0.396 e. The second-order valence-corrected chi connectivity index (χ2v) is 6.55. The van der Waals surface area contributed by atoms with E-state index in [1.807, 2.05) is 11.8 Å². The number of amides is 1. The van der Waals surface area contributed by atoms with E-state index in [1.54, 1.807) is 6.08 Å². The van der Waals surface area contributed by atoms with Crippen molar-refractivity contribution in [2.75, 3.05) is 26.3 Å². The second-order valence-electron chi connectivity index (χ2n) is 6.55. The monoisotopic (exact) mass is 283 g/mol. The Kier molecular flexibility index (Phi) is 6.69. The first-order valence-corrected chi connectivity index (χ1v) is 7.54. The quantitative estimate of drug-likeness (QED) is 0.622. The highest BCUT2D eigenvalue weighted by Gasteiger charge is 2.23. The summed E-state index contributed by atoms with van der Waals surface area (Å²) in [5.41, 5.74) is 1.16. The molecule has 1 saturated heterocycles. The Labute approximate surface area is 122 Å². The molecule has 0 atom stereocenters. The van der Waals surface area contributed by atoms with Crippen molar-refractivity contribution in [2.24, 2.45) is 5.41 Å². The fourth-order valence-corrected chi connectivity index (χ4v) is 2.05. The first-order chi connectivity index (χ1) is 9.34. The van der Waals surface area contributed by atoms with E-state index in [0.717, 1.165) is 31.5 Å². The number of ether oxygens (including phenoxy) is 1. The fraction of sp³-hybridized carbons (Fsp3) is 0.812. The summed E-state index contributed by atoms with van der Waals surface area (Å²) in [4.78, 5) is 14.1. The van der Waals surface area contributed by atoms with Crippen LogP contribution in [0.1, 0.15) is 47.0 Å². The Morgan fingerprint density at radius 1 is 1.35 bits per heavy atom. The van der Waals surface area contributed by atoms with Crippen LogP contribution in [0.4, 0.5) is 0 Å². The molecule has 0 aromatic rings. The maximum absolute atomic E-state index is 12.2. The summed E-state index contributed by atoms with van der Waals surface area (Å²) in [6.07, 6.45) is 4.47. The Morgan fingerprint density at radius 2 is 1.95 bits per heavy atom. The molecule has 0 bridgehead atoms. The van der Waals surface area contributed by atoms with Gasteiger partial charge in [-0.3, -0.25) is 4.79 Å². The summed E-state index contributed by atoms with van der Waals surface area (Å²) in [5.74, 6) is 0.117. The summed E-state index contributed by atoms with van der Waals surface area (Å²) < 4.78 is 5.67. The third kappa shape index (κ3) is 5.63. The Bertz CT molecular complexity index is 336. The minimum atomic E-state index is 0.0430. The molecule has 1 rings (SSSR count). The van der Waals surface area contributed by atoms with Crippen molar-refractivity contribution < 1.29 is 14.6 Å². The lowest BCUT2D eigenvalue weighted by atomic mass is 9.87. The van der Waals surface area contributed by atoms with Crippen LogP contribution in [0.5, 0.6) is 0 Å². The molecule has 1 aliphatic rings. The third-order valence-electron chi connectivity index (χ3n) is 3.93. The first kappa shape index (κ1) is 17.2. The Morgan fingerprint density at radius 3 is 2.45 bits per heavy atom. The summed E-state index contributed by atoms with van der Waals surface area (Å²) in [6.45, 7) is 10.7. The van der Waals surface area contributed by atoms with Crippen molar-refractivity contribution in [3.8, 4) is 0 Å². The number of rotatable bonds is 5. The molecule has 1 N–H and O–H groups in total. The predicted octanol–water partition coefficient (Wildman–Crippen LogP) is 2.37. The molecule has 20 heavy (non-hydrogen) atoms. The minimum absolute atomic E-state index is 0.0430. The van der Waals surface area contributed by atoms with E-state index >= 15 is 0 Å². The number of likely N-dealkylation sites (tertiary alicyclic amines) is 1. The molecule has 1 aliphatic heterocycles. The smallest absolute Gasteiger partial charge is 0.246 e. The van der Waals surface area contributed by atoms with Crippen LogP contribution in [0.25, 0.3) is 0 Å². The van der Waals surface area contributed by atoms with Crippen molar-refractivity contribution in [3.05, 3.63) is 11.6 Å². The number of piperidine rings is 1. The normalized spacial score (nSPS) is 18.4. The summed E-state index contributed by atoms with van der Waals surface area (Å²) >= 11 is 0. The van der Waals surface area contributed by atoms with Crippen LogP contribution in [0.15, 0.2) is 11.6 Å². The molecule has 4 nitrogen and oxygen atoms in total. The first-order valence-electron chi connectivity index (χ1n) is 7.54. The van der Waals surface area contributed by atoms with Crippen LogP contribution >= 0.6 is 0 Å². The van der Waals surface area contributed by atoms with Crippen LogP contribution in [-0.2, 0) is 9.53 Å². The van der Waals surface area contributed by atoms with Gasteiger partial charge in [-0.25, -0.2) is 0 Å². The van der Waals surface area contributed by atoms with Gasteiger partial charge in [0.25, 0.3) is 0 Å². The van der Waals surface area contributed by atoms with E-state index < -0.39 is 0 Å². The van der Waals surface area contributed by atoms with Gasteiger partial charge in [0.05, 0.1) is 6.10 Å². The Hall–Kier alpha value is -0.870. The molecular formula is C16H29NO3. The van der Waals surface area contributed by atoms with E-state index in [0.29, 0.717) is 13.0 Å². The zero-order chi connectivity index (χ0) is 15.2. The summed E-state index contributed by atoms with van der Waals surface area (Å²) in [6, 6.07) is 0. The maximum Gasteiger partial charge on any atom is 0.246 e. The number of aliphatic hydroxyl groups excluding tert-OH is 1. The van der Waals surface area contributed by atoms with Gasteiger partial charge in [0.2, 0.25) is 5.91 Å². The molecule has 0 radical (unpaired) electrons. The number of aliphatic hydroxyl groups is 1. The average molecular weight is 283 g/mol. The van der Waals surface area contributed by atoms with E-state index in [2.05, 4.69) is 20.8 Å². The van der Waals surface area contributed by atoms with Gasteiger partial charge in [0.1, 0.15) is 0 Å². The number of carbonyl (C=O) groups excluding carboxylic acids is 1. The molecule has 1 heterocycles. The van der Waals surface area contributed by atoms with Crippen molar-refractivity contribution in [3.63, 3.8) is 0 Å². The van der Waals surface area contributed by atoms with Gasteiger partial charge in [0, 0.05) is 32.4 Å². The topological polar surface area (TPSA) is 49.8 Å². The van der Waals surface area contributed by atoms with Crippen LogP contribution in [0.3, 0.4) is 0 Å². The molecular weight excluding hydrogens is 254 g/mol. The van der Waals surface area contributed by atoms with Crippen LogP contribution in [0.2, 0.25) is 0 Å². The van der Waals surface area contributed by atoms with Crippen molar-refractivity contribution >= 4 is 5.91 Å². The molecule has 0 aromatic heterocycles. The van der Waals surface area contributed by atoms with Crippen LogP contribution < -0.4 is 0 Å². The molecule has 1 fully saturated rings. The van der Waals surface area contributed by atoms with Crippen molar-refractivity contribution in [1.29, 1.82) is 0 Å².